The second-order valence-corrected chi connectivity index (χ2v) is 5.36. The third kappa shape index (κ3) is 3.94. The summed E-state index contributed by atoms with van der Waals surface area (Å²) >= 11 is 0. The van der Waals surface area contributed by atoms with Gasteiger partial charge in [-0.2, -0.15) is 0 Å². The number of carbonyl (C=O) groups excluding carboxylic acids is 1. The first kappa shape index (κ1) is 13.9. The number of hydrogen-bond donors (Lipinski definition) is 1. The molecule has 17 heavy (non-hydrogen) atoms. The van der Waals surface area contributed by atoms with Crippen LogP contribution in [-0.2, 0) is 4.74 Å². The zero-order valence-electron chi connectivity index (χ0n) is 10.8. The Kier molecular flexibility index (Phi) is 4.41. The van der Waals surface area contributed by atoms with E-state index in [4.69, 9.17) is 11.2 Å². The van der Waals surface area contributed by atoms with Crippen molar-refractivity contribution in [3.05, 3.63) is 0 Å². The van der Waals surface area contributed by atoms with Crippen molar-refractivity contribution in [3.8, 4) is 12.3 Å². The van der Waals surface area contributed by atoms with E-state index in [2.05, 4.69) is 5.92 Å². The molecule has 1 saturated heterocycles. The third-order valence-corrected chi connectivity index (χ3v) is 2.70. The van der Waals surface area contributed by atoms with Gasteiger partial charge in [0.1, 0.15) is 5.60 Å². The molecule has 1 heterocycles. The van der Waals surface area contributed by atoms with Gasteiger partial charge in [0.25, 0.3) is 0 Å². The van der Waals surface area contributed by atoms with Gasteiger partial charge < -0.3 is 14.7 Å². The average Bonchev–Trinajstić information content (AvgIpc) is 2.63. The lowest BCUT2D eigenvalue weighted by atomic mass is 10.1. The topological polar surface area (TPSA) is 49.8 Å². The fourth-order valence-corrected chi connectivity index (χ4v) is 2.00. The Morgan fingerprint density at radius 1 is 1.65 bits per heavy atom. The highest BCUT2D eigenvalue weighted by atomic mass is 16.6. The molecule has 2 unspecified atom stereocenters. The number of nitrogens with zero attached hydrogens (tertiary/aromatic N) is 1. The standard InChI is InChI=1S/C13H21NO3/c1-5-7-11(15)10-8-6-9-14(10)12(16)17-13(2,3)4/h1,10-11,15H,6-9H2,2-4H3. The number of rotatable bonds is 2. The molecular weight excluding hydrogens is 218 g/mol. The first-order chi connectivity index (χ1) is 7.85. The molecule has 1 amide bonds. The van der Waals surface area contributed by atoms with Crippen molar-refractivity contribution in [2.45, 2.75) is 57.8 Å². The second kappa shape index (κ2) is 5.42. The number of carbonyl (C=O) groups is 1. The summed E-state index contributed by atoms with van der Waals surface area (Å²) in [5.74, 6) is 2.42. The van der Waals surface area contributed by atoms with Gasteiger partial charge in [-0.25, -0.2) is 4.79 Å². The van der Waals surface area contributed by atoms with E-state index in [0.717, 1.165) is 12.8 Å². The van der Waals surface area contributed by atoms with Gasteiger partial charge in [-0.3, -0.25) is 0 Å². The van der Waals surface area contributed by atoms with Crippen molar-refractivity contribution < 1.29 is 14.6 Å². The van der Waals surface area contributed by atoms with E-state index in [1.54, 1.807) is 4.90 Å². The predicted molar refractivity (Wildman–Crippen MR) is 65.4 cm³/mol. The molecule has 0 radical (unpaired) electrons. The number of amides is 1. The molecule has 0 aromatic rings. The Hall–Kier alpha value is -1.21. The molecule has 0 aromatic heterocycles. The normalized spacial score (nSPS) is 22.1. The smallest absolute Gasteiger partial charge is 0.410 e. The fraction of sp³-hybridized carbons (Fsp3) is 0.769. The molecule has 2 atom stereocenters. The van der Waals surface area contributed by atoms with Crippen LogP contribution in [0.4, 0.5) is 4.79 Å². The molecule has 1 aliphatic rings. The highest BCUT2D eigenvalue weighted by molar-refractivity contribution is 5.69. The maximum absolute atomic E-state index is 11.9. The summed E-state index contributed by atoms with van der Waals surface area (Å²) in [6.07, 6.45) is 6.08. The lowest BCUT2D eigenvalue weighted by Gasteiger charge is -2.30. The zero-order chi connectivity index (χ0) is 13.1. The summed E-state index contributed by atoms with van der Waals surface area (Å²) < 4.78 is 5.30. The Balaban J connectivity index is 2.63. The maximum Gasteiger partial charge on any atom is 0.410 e. The lowest BCUT2D eigenvalue weighted by molar-refractivity contribution is 0.00609. The van der Waals surface area contributed by atoms with Gasteiger partial charge in [0.15, 0.2) is 0 Å². The van der Waals surface area contributed by atoms with Crippen LogP contribution in [0, 0.1) is 12.3 Å². The summed E-state index contributed by atoms with van der Waals surface area (Å²) in [6.45, 7) is 6.11. The number of likely N-dealkylation sites (tertiary alicyclic amines) is 1. The molecule has 0 spiro atoms. The Bertz CT molecular complexity index is 314. The average molecular weight is 239 g/mol. The summed E-state index contributed by atoms with van der Waals surface area (Å²) in [6, 6.07) is -0.208. The van der Waals surface area contributed by atoms with Gasteiger partial charge in [0, 0.05) is 13.0 Å². The van der Waals surface area contributed by atoms with Crippen LogP contribution in [0.3, 0.4) is 0 Å². The monoisotopic (exact) mass is 239 g/mol. The highest BCUT2D eigenvalue weighted by Gasteiger charge is 2.35. The lowest BCUT2D eigenvalue weighted by Crippen LogP contribution is -2.45. The van der Waals surface area contributed by atoms with Gasteiger partial charge in [-0.1, -0.05) is 0 Å². The number of hydrogen-bond acceptors (Lipinski definition) is 3. The molecular formula is C13H21NO3. The molecule has 4 heteroatoms. The molecule has 0 aliphatic carbocycles. The van der Waals surface area contributed by atoms with Crippen molar-refractivity contribution in [1.82, 2.24) is 4.90 Å². The molecule has 1 fully saturated rings. The first-order valence-electron chi connectivity index (χ1n) is 5.96. The van der Waals surface area contributed by atoms with Gasteiger partial charge in [0.05, 0.1) is 12.1 Å². The number of aliphatic hydroxyl groups is 1. The Morgan fingerprint density at radius 2 is 2.29 bits per heavy atom. The number of ether oxygens (including phenoxy) is 1. The van der Waals surface area contributed by atoms with Crippen molar-refractivity contribution in [2.75, 3.05) is 6.54 Å². The molecule has 0 saturated carbocycles. The fourth-order valence-electron chi connectivity index (χ4n) is 2.00. The minimum atomic E-state index is -0.657. The van der Waals surface area contributed by atoms with Crippen molar-refractivity contribution in [2.24, 2.45) is 0 Å². The maximum atomic E-state index is 11.9. The van der Waals surface area contributed by atoms with Gasteiger partial charge >= 0.3 is 6.09 Å². The molecule has 4 nitrogen and oxygen atoms in total. The summed E-state index contributed by atoms with van der Waals surface area (Å²) in [5.41, 5.74) is -0.513. The summed E-state index contributed by atoms with van der Waals surface area (Å²) in [4.78, 5) is 13.5. The van der Waals surface area contributed by atoms with E-state index >= 15 is 0 Å². The van der Waals surface area contributed by atoms with E-state index in [1.807, 2.05) is 20.8 Å². The number of aliphatic hydroxyl groups excluding tert-OH is 1. The van der Waals surface area contributed by atoms with Crippen LogP contribution in [0.5, 0.6) is 0 Å². The zero-order valence-corrected chi connectivity index (χ0v) is 10.8. The van der Waals surface area contributed by atoms with E-state index in [-0.39, 0.29) is 18.6 Å². The molecule has 1 N–H and O–H groups in total. The summed E-state index contributed by atoms with van der Waals surface area (Å²) in [5, 5.41) is 9.87. The second-order valence-electron chi connectivity index (χ2n) is 5.36. The van der Waals surface area contributed by atoms with Crippen molar-refractivity contribution >= 4 is 6.09 Å². The van der Waals surface area contributed by atoms with Crippen LogP contribution >= 0.6 is 0 Å². The Morgan fingerprint density at radius 3 is 2.82 bits per heavy atom. The van der Waals surface area contributed by atoms with Crippen LogP contribution in [0.15, 0.2) is 0 Å². The summed E-state index contributed by atoms with van der Waals surface area (Å²) in [7, 11) is 0. The molecule has 0 bridgehead atoms. The molecule has 96 valence electrons. The van der Waals surface area contributed by atoms with Crippen LogP contribution in [0.1, 0.15) is 40.0 Å². The Labute approximate surface area is 103 Å². The largest absolute Gasteiger partial charge is 0.444 e. The van der Waals surface area contributed by atoms with Crippen LogP contribution < -0.4 is 0 Å². The van der Waals surface area contributed by atoms with E-state index in [0.29, 0.717) is 6.54 Å². The van der Waals surface area contributed by atoms with Crippen LogP contribution in [0.2, 0.25) is 0 Å². The minimum Gasteiger partial charge on any atom is -0.444 e. The molecule has 0 aromatic carbocycles. The van der Waals surface area contributed by atoms with Crippen molar-refractivity contribution in [3.63, 3.8) is 0 Å². The van der Waals surface area contributed by atoms with Gasteiger partial charge in [0.2, 0.25) is 0 Å². The minimum absolute atomic E-state index is 0.208. The molecule has 1 rings (SSSR count). The predicted octanol–water partition coefficient (Wildman–Crippen LogP) is 1.77. The van der Waals surface area contributed by atoms with Crippen LogP contribution in [-0.4, -0.2) is 40.4 Å². The quantitative estimate of drug-likeness (QED) is 0.747. The SMILES string of the molecule is C#CCC(O)C1CCCN1C(=O)OC(C)(C)C. The van der Waals surface area contributed by atoms with E-state index in [9.17, 15) is 9.90 Å². The van der Waals surface area contributed by atoms with E-state index in [1.165, 1.54) is 0 Å². The van der Waals surface area contributed by atoms with Gasteiger partial charge in [-0.05, 0) is 33.6 Å². The van der Waals surface area contributed by atoms with Gasteiger partial charge in [-0.15, -0.1) is 12.3 Å². The van der Waals surface area contributed by atoms with E-state index < -0.39 is 11.7 Å². The number of terminal acetylenes is 1. The molecule has 1 aliphatic heterocycles. The first-order valence-corrected chi connectivity index (χ1v) is 5.96. The van der Waals surface area contributed by atoms with Crippen molar-refractivity contribution in [1.29, 1.82) is 0 Å². The third-order valence-electron chi connectivity index (χ3n) is 2.70. The van der Waals surface area contributed by atoms with Crippen LogP contribution in [0.25, 0.3) is 0 Å². The highest BCUT2D eigenvalue weighted by Crippen LogP contribution is 2.24.